The summed E-state index contributed by atoms with van der Waals surface area (Å²) in [5.41, 5.74) is 0.311. The summed E-state index contributed by atoms with van der Waals surface area (Å²) in [5, 5.41) is 17.1. The number of carbonyl (C=O) groups excluding carboxylic acids is 1. The molecule has 0 unspecified atom stereocenters. The summed E-state index contributed by atoms with van der Waals surface area (Å²) < 4.78 is 4.98. The maximum atomic E-state index is 12.1. The van der Waals surface area contributed by atoms with E-state index in [-0.39, 0.29) is 5.91 Å². The summed E-state index contributed by atoms with van der Waals surface area (Å²) in [6.07, 6.45) is 5.90. The minimum Gasteiger partial charge on any atom is -0.388 e. The number of nitrogens with zero attached hydrogens (tertiary/aromatic N) is 1. The molecule has 1 aromatic rings. The van der Waals surface area contributed by atoms with E-state index in [4.69, 9.17) is 4.52 Å². The second-order valence-electron chi connectivity index (χ2n) is 5.52. The average molecular weight is 266 g/mol. The van der Waals surface area contributed by atoms with Crippen LogP contribution in [0.2, 0.25) is 0 Å². The first-order valence-electron chi connectivity index (χ1n) is 6.95. The van der Waals surface area contributed by atoms with E-state index < -0.39 is 5.60 Å². The highest BCUT2D eigenvalue weighted by molar-refractivity contribution is 5.96. The van der Waals surface area contributed by atoms with Crippen LogP contribution >= 0.6 is 0 Å². The van der Waals surface area contributed by atoms with Crippen molar-refractivity contribution >= 4 is 5.91 Å². The zero-order valence-electron chi connectivity index (χ0n) is 11.7. The summed E-state index contributed by atoms with van der Waals surface area (Å²) >= 11 is 0. The Morgan fingerprint density at radius 3 is 2.47 bits per heavy atom. The number of rotatable bonds is 3. The number of aliphatic hydroxyl groups is 1. The number of hydrogen-bond donors (Lipinski definition) is 2. The molecule has 1 aliphatic carbocycles. The van der Waals surface area contributed by atoms with Crippen molar-refractivity contribution in [3.05, 3.63) is 17.0 Å². The summed E-state index contributed by atoms with van der Waals surface area (Å²) in [5.74, 6) is 0.303. The zero-order valence-corrected chi connectivity index (χ0v) is 11.7. The van der Waals surface area contributed by atoms with E-state index in [1.807, 2.05) is 0 Å². The quantitative estimate of drug-likeness (QED) is 0.822. The van der Waals surface area contributed by atoms with E-state index in [2.05, 4.69) is 10.5 Å². The molecule has 0 radical (unpaired) electrons. The highest BCUT2D eigenvalue weighted by atomic mass is 16.5. The van der Waals surface area contributed by atoms with Crippen molar-refractivity contribution in [1.29, 1.82) is 0 Å². The molecule has 19 heavy (non-hydrogen) atoms. The van der Waals surface area contributed by atoms with E-state index in [0.717, 1.165) is 25.7 Å². The molecule has 0 bridgehead atoms. The van der Waals surface area contributed by atoms with Gasteiger partial charge in [0.15, 0.2) is 0 Å². The molecule has 0 aromatic carbocycles. The number of aromatic nitrogens is 1. The summed E-state index contributed by atoms with van der Waals surface area (Å²) in [6, 6.07) is 0. The Kier molecular flexibility index (Phi) is 4.24. The number of hydrogen-bond acceptors (Lipinski definition) is 4. The lowest BCUT2D eigenvalue weighted by molar-refractivity contribution is 0.0246. The predicted octanol–water partition coefficient (Wildman–Crippen LogP) is 2.11. The number of carbonyl (C=O) groups is 1. The number of aryl methyl sites for hydroxylation is 2. The number of amides is 1. The van der Waals surface area contributed by atoms with Crippen molar-refractivity contribution in [2.75, 3.05) is 6.54 Å². The molecule has 106 valence electrons. The summed E-state index contributed by atoms with van der Waals surface area (Å²) in [6.45, 7) is 3.76. The van der Waals surface area contributed by atoms with Gasteiger partial charge in [-0.25, -0.2) is 0 Å². The van der Waals surface area contributed by atoms with Gasteiger partial charge in [-0.15, -0.1) is 0 Å². The fraction of sp³-hybridized carbons (Fsp3) is 0.714. The maximum absolute atomic E-state index is 12.1. The minimum absolute atomic E-state index is 0.214. The molecule has 0 spiro atoms. The Balaban J connectivity index is 1.96. The Morgan fingerprint density at radius 2 is 1.95 bits per heavy atom. The molecule has 1 fully saturated rings. The first-order valence-corrected chi connectivity index (χ1v) is 6.95. The Labute approximate surface area is 113 Å². The third-order valence-electron chi connectivity index (χ3n) is 3.87. The van der Waals surface area contributed by atoms with Crippen molar-refractivity contribution in [2.45, 2.75) is 58.0 Å². The van der Waals surface area contributed by atoms with Crippen LogP contribution in [0.3, 0.4) is 0 Å². The lowest BCUT2D eigenvalue weighted by Gasteiger charge is -2.26. The van der Waals surface area contributed by atoms with Gasteiger partial charge < -0.3 is 14.9 Å². The van der Waals surface area contributed by atoms with Crippen molar-refractivity contribution in [1.82, 2.24) is 10.5 Å². The predicted molar refractivity (Wildman–Crippen MR) is 71.0 cm³/mol. The third-order valence-corrected chi connectivity index (χ3v) is 3.87. The van der Waals surface area contributed by atoms with Gasteiger partial charge >= 0.3 is 0 Å². The van der Waals surface area contributed by atoms with Gasteiger partial charge in [0.25, 0.3) is 5.91 Å². The SMILES string of the molecule is Cc1noc(C)c1C(=O)NCC1(O)CCCCCC1. The Morgan fingerprint density at radius 1 is 1.32 bits per heavy atom. The lowest BCUT2D eigenvalue weighted by atomic mass is 9.94. The molecule has 1 amide bonds. The largest absolute Gasteiger partial charge is 0.388 e. The van der Waals surface area contributed by atoms with Crippen molar-refractivity contribution in [3.63, 3.8) is 0 Å². The zero-order chi connectivity index (χ0) is 13.9. The van der Waals surface area contributed by atoms with E-state index >= 15 is 0 Å². The second-order valence-corrected chi connectivity index (χ2v) is 5.52. The van der Waals surface area contributed by atoms with Crippen molar-refractivity contribution in [2.24, 2.45) is 0 Å². The molecular weight excluding hydrogens is 244 g/mol. The molecule has 5 nitrogen and oxygen atoms in total. The average Bonchev–Trinajstić information content (AvgIpc) is 2.59. The number of nitrogens with one attached hydrogen (secondary N) is 1. The molecule has 5 heteroatoms. The van der Waals surface area contributed by atoms with Crippen molar-refractivity contribution in [3.8, 4) is 0 Å². The molecule has 1 aromatic heterocycles. The first-order chi connectivity index (χ1) is 9.02. The normalized spacial score (nSPS) is 18.9. The van der Waals surface area contributed by atoms with Crippen LogP contribution in [0.1, 0.15) is 60.3 Å². The van der Waals surface area contributed by atoms with Crippen LogP contribution in [0, 0.1) is 13.8 Å². The van der Waals surface area contributed by atoms with E-state index in [1.54, 1.807) is 13.8 Å². The van der Waals surface area contributed by atoms with Crippen LogP contribution in [0.5, 0.6) is 0 Å². The molecule has 2 N–H and O–H groups in total. The van der Waals surface area contributed by atoms with Crippen LogP contribution in [0.4, 0.5) is 0 Å². The van der Waals surface area contributed by atoms with Crippen LogP contribution in [-0.4, -0.2) is 28.3 Å². The van der Waals surface area contributed by atoms with E-state index in [1.165, 1.54) is 12.8 Å². The highest BCUT2D eigenvalue weighted by Crippen LogP contribution is 2.26. The Bertz CT molecular complexity index is 426. The standard InChI is InChI=1S/C14H22N2O3/c1-10-12(11(2)19-16-10)13(17)15-9-14(18)7-5-3-4-6-8-14/h18H,3-9H2,1-2H3,(H,15,17). The minimum atomic E-state index is -0.759. The molecule has 0 atom stereocenters. The van der Waals surface area contributed by atoms with Crippen LogP contribution in [0.25, 0.3) is 0 Å². The van der Waals surface area contributed by atoms with Gasteiger partial charge in [-0.1, -0.05) is 30.8 Å². The van der Waals surface area contributed by atoms with Crippen molar-refractivity contribution < 1.29 is 14.4 Å². The fourth-order valence-corrected chi connectivity index (χ4v) is 2.70. The van der Waals surface area contributed by atoms with E-state index in [9.17, 15) is 9.90 Å². The second kappa shape index (κ2) is 5.74. The first kappa shape index (κ1) is 14.1. The topological polar surface area (TPSA) is 75.4 Å². The molecular formula is C14H22N2O3. The molecule has 1 saturated carbocycles. The van der Waals surface area contributed by atoms with E-state index in [0.29, 0.717) is 23.6 Å². The highest BCUT2D eigenvalue weighted by Gasteiger charge is 2.29. The molecule has 1 aliphatic rings. The van der Waals surface area contributed by atoms with Gasteiger partial charge in [0.2, 0.25) is 0 Å². The van der Waals surface area contributed by atoms with Gasteiger partial charge in [-0.05, 0) is 26.7 Å². The maximum Gasteiger partial charge on any atom is 0.256 e. The van der Waals surface area contributed by atoms with Crippen LogP contribution in [-0.2, 0) is 0 Å². The van der Waals surface area contributed by atoms with Gasteiger partial charge in [0.05, 0.1) is 11.3 Å². The van der Waals surface area contributed by atoms with Gasteiger partial charge in [-0.3, -0.25) is 4.79 Å². The Hall–Kier alpha value is -1.36. The molecule has 0 saturated heterocycles. The fourth-order valence-electron chi connectivity index (χ4n) is 2.70. The monoisotopic (exact) mass is 266 g/mol. The third kappa shape index (κ3) is 3.35. The summed E-state index contributed by atoms with van der Waals surface area (Å²) in [7, 11) is 0. The van der Waals surface area contributed by atoms with Gasteiger partial charge in [0.1, 0.15) is 11.3 Å². The van der Waals surface area contributed by atoms with Crippen LogP contribution < -0.4 is 5.32 Å². The smallest absolute Gasteiger partial charge is 0.256 e. The van der Waals surface area contributed by atoms with Gasteiger partial charge in [0, 0.05) is 6.54 Å². The lowest BCUT2D eigenvalue weighted by Crippen LogP contribution is -2.42. The van der Waals surface area contributed by atoms with Gasteiger partial charge in [-0.2, -0.15) is 0 Å². The molecule has 2 rings (SSSR count). The molecule has 0 aliphatic heterocycles. The summed E-state index contributed by atoms with van der Waals surface area (Å²) in [4.78, 5) is 12.1. The van der Waals surface area contributed by atoms with Crippen LogP contribution in [0.15, 0.2) is 4.52 Å². The molecule has 1 heterocycles.